The van der Waals surface area contributed by atoms with Gasteiger partial charge in [0, 0.05) is 24.5 Å². The first-order valence-electron chi connectivity index (χ1n) is 8.98. The molecule has 152 valence electrons. The Morgan fingerprint density at radius 3 is 2.79 bits per heavy atom. The van der Waals surface area contributed by atoms with Crippen molar-refractivity contribution < 1.29 is 14.3 Å². The molecule has 0 aliphatic carbocycles. The van der Waals surface area contributed by atoms with Crippen LogP contribution in [0.1, 0.15) is 26.7 Å². The molecule has 1 N–H and O–H groups in total. The lowest BCUT2D eigenvalue weighted by Crippen LogP contribution is -2.28. The van der Waals surface area contributed by atoms with Gasteiger partial charge in [-0.05, 0) is 30.5 Å². The molecule has 2 rings (SSSR count). The van der Waals surface area contributed by atoms with Gasteiger partial charge in [0.15, 0.2) is 5.16 Å². The first-order chi connectivity index (χ1) is 13.3. The number of esters is 1. The molecule has 0 saturated carbocycles. The summed E-state index contributed by atoms with van der Waals surface area (Å²) in [4.78, 5) is 40.6. The highest BCUT2D eigenvalue weighted by molar-refractivity contribution is 7.99. The number of ether oxygens (including phenoxy) is 1. The average Bonchev–Trinajstić information content (AvgIpc) is 2.66. The van der Waals surface area contributed by atoms with Gasteiger partial charge in [0.2, 0.25) is 5.91 Å². The van der Waals surface area contributed by atoms with Gasteiger partial charge in [-0.2, -0.15) is 0 Å². The topological polar surface area (TPSA) is 90.3 Å². The maximum atomic E-state index is 12.9. The number of carbonyl (C=O) groups excluding carboxylic acids is 2. The Morgan fingerprint density at radius 2 is 2.11 bits per heavy atom. The Hall–Kier alpha value is -2.06. The van der Waals surface area contributed by atoms with Gasteiger partial charge in [-0.3, -0.25) is 19.0 Å². The maximum Gasteiger partial charge on any atom is 0.305 e. The molecule has 7 nitrogen and oxygen atoms in total. The van der Waals surface area contributed by atoms with Crippen molar-refractivity contribution in [1.29, 1.82) is 0 Å². The van der Waals surface area contributed by atoms with Crippen LogP contribution in [0.4, 0.5) is 0 Å². The van der Waals surface area contributed by atoms with Crippen molar-refractivity contribution in [3.63, 3.8) is 0 Å². The lowest BCUT2D eigenvalue weighted by atomic mass is 10.2. The van der Waals surface area contributed by atoms with Gasteiger partial charge in [-0.25, -0.2) is 4.98 Å². The van der Waals surface area contributed by atoms with Crippen LogP contribution in [0.2, 0.25) is 5.02 Å². The van der Waals surface area contributed by atoms with Crippen molar-refractivity contribution in [3.8, 4) is 0 Å². The second kappa shape index (κ2) is 10.5. The zero-order valence-electron chi connectivity index (χ0n) is 16.2. The van der Waals surface area contributed by atoms with E-state index in [2.05, 4.69) is 15.0 Å². The molecule has 0 fully saturated rings. The van der Waals surface area contributed by atoms with Crippen molar-refractivity contribution >= 4 is 46.1 Å². The molecular weight excluding hydrogens is 402 g/mol. The Balaban J connectivity index is 2.10. The zero-order valence-corrected chi connectivity index (χ0v) is 17.7. The van der Waals surface area contributed by atoms with Crippen molar-refractivity contribution in [2.75, 3.05) is 19.4 Å². The molecule has 1 aromatic carbocycles. The molecule has 1 amide bonds. The van der Waals surface area contributed by atoms with E-state index in [-0.39, 0.29) is 35.5 Å². The fourth-order valence-electron chi connectivity index (χ4n) is 2.55. The van der Waals surface area contributed by atoms with Gasteiger partial charge in [-0.15, -0.1) is 0 Å². The van der Waals surface area contributed by atoms with Gasteiger partial charge < -0.3 is 10.1 Å². The smallest absolute Gasteiger partial charge is 0.305 e. The number of methoxy groups -OCH3 is 1. The van der Waals surface area contributed by atoms with E-state index in [1.54, 1.807) is 22.8 Å². The minimum absolute atomic E-state index is 0.127. The summed E-state index contributed by atoms with van der Waals surface area (Å²) < 4.78 is 6.15. The van der Waals surface area contributed by atoms with Gasteiger partial charge in [-0.1, -0.05) is 37.2 Å². The second-order valence-electron chi connectivity index (χ2n) is 6.68. The number of hydrogen-bond donors (Lipinski definition) is 1. The van der Waals surface area contributed by atoms with E-state index in [9.17, 15) is 14.4 Å². The van der Waals surface area contributed by atoms with Crippen molar-refractivity contribution in [2.24, 2.45) is 5.92 Å². The van der Waals surface area contributed by atoms with Gasteiger partial charge in [0.05, 0.1) is 23.8 Å². The van der Waals surface area contributed by atoms with Gasteiger partial charge >= 0.3 is 5.97 Å². The number of nitrogens with zero attached hydrogens (tertiary/aromatic N) is 2. The van der Waals surface area contributed by atoms with Crippen LogP contribution in [-0.4, -0.2) is 40.8 Å². The van der Waals surface area contributed by atoms with E-state index in [0.29, 0.717) is 40.6 Å². The van der Waals surface area contributed by atoms with Gasteiger partial charge in [0.25, 0.3) is 5.56 Å². The molecule has 0 spiro atoms. The van der Waals surface area contributed by atoms with Crippen molar-refractivity contribution in [3.05, 3.63) is 33.6 Å². The summed E-state index contributed by atoms with van der Waals surface area (Å²) in [7, 11) is 1.33. The van der Waals surface area contributed by atoms with Crippen LogP contribution in [0.3, 0.4) is 0 Å². The van der Waals surface area contributed by atoms with Crippen LogP contribution in [0.5, 0.6) is 0 Å². The van der Waals surface area contributed by atoms with Crippen molar-refractivity contribution in [2.45, 2.75) is 38.4 Å². The van der Waals surface area contributed by atoms with E-state index < -0.39 is 0 Å². The van der Waals surface area contributed by atoms with E-state index in [1.807, 2.05) is 13.8 Å². The molecule has 0 unspecified atom stereocenters. The predicted octanol–water partition coefficient (Wildman–Crippen LogP) is 2.87. The summed E-state index contributed by atoms with van der Waals surface area (Å²) in [5, 5.41) is 4.19. The van der Waals surface area contributed by atoms with Crippen molar-refractivity contribution in [1.82, 2.24) is 14.9 Å². The third-order valence-corrected chi connectivity index (χ3v) is 5.08. The molecule has 0 atom stereocenters. The number of fused-ring (bicyclic) bond motifs is 1. The highest BCUT2D eigenvalue weighted by Crippen LogP contribution is 2.21. The summed E-state index contributed by atoms with van der Waals surface area (Å²) in [6, 6.07) is 5.01. The summed E-state index contributed by atoms with van der Waals surface area (Å²) in [6.45, 7) is 4.91. The zero-order chi connectivity index (χ0) is 20.7. The number of amides is 1. The van der Waals surface area contributed by atoms with Crippen LogP contribution in [-0.2, 0) is 20.9 Å². The Labute approximate surface area is 172 Å². The fraction of sp³-hybridized carbons (Fsp3) is 0.474. The third kappa shape index (κ3) is 6.24. The monoisotopic (exact) mass is 425 g/mol. The molecule has 9 heteroatoms. The largest absolute Gasteiger partial charge is 0.469 e. The number of halogens is 1. The summed E-state index contributed by atoms with van der Waals surface area (Å²) in [5.41, 5.74) is 0.387. The summed E-state index contributed by atoms with van der Waals surface area (Å²) in [6.07, 6.45) is 0.767. The molecule has 0 bridgehead atoms. The molecule has 0 aliphatic rings. The number of rotatable bonds is 9. The predicted molar refractivity (Wildman–Crippen MR) is 111 cm³/mol. The van der Waals surface area contributed by atoms with Crippen LogP contribution in [0.15, 0.2) is 28.2 Å². The number of nitrogens with one attached hydrogen (secondary N) is 1. The lowest BCUT2D eigenvalue weighted by Gasteiger charge is -2.15. The normalized spacial score (nSPS) is 11.0. The second-order valence-corrected chi connectivity index (χ2v) is 8.06. The Bertz CT molecular complexity index is 914. The van der Waals surface area contributed by atoms with Crippen LogP contribution < -0.4 is 10.9 Å². The SMILES string of the molecule is COC(=O)CCCNC(=O)CSc1nc2ccc(Cl)cc2c(=O)n1CC(C)C. The van der Waals surface area contributed by atoms with Crippen LogP contribution >= 0.6 is 23.4 Å². The molecular formula is C19H24ClN3O4S. The molecule has 1 aromatic heterocycles. The quantitative estimate of drug-likeness (QED) is 0.287. The Morgan fingerprint density at radius 1 is 1.36 bits per heavy atom. The molecule has 0 radical (unpaired) electrons. The van der Waals surface area contributed by atoms with E-state index >= 15 is 0 Å². The number of benzene rings is 1. The molecule has 0 aliphatic heterocycles. The molecule has 28 heavy (non-hydrogen) atoms. The first kappa shape index (κ1) is 22.2. The number of aromatic nitrogens is 2. The first-order valence-corrected chi connectivity index (χ1v) is 10.3. The number of hydrogen-bond acceptors (Lipinski definition) is 6. The standard InChI is InChI=1S/C19H24ClN3O4S/c1-12(2)10-23-18(26)14-9-13(20)6-7-15(14)22-19(23)28-11-16(24)21-8-4-5-17(25)27-3/h6-7,9,12H,4-5,8,10-11H2,1-3H3,(H,21,24). The highest BCUT2D eigenvalue weighted by Gasteiger charge is 2.14. The van der Waals surface area contributed by atoms with Gasteiger partial charge in [0.1, 0.15) is 0 Å². The van der Waals surface area contributed by atoms with E-state index in [0.717, 1.165) is 0 Å². The minimum atomic E-state index is -0.304. The average molecular weight is 426 g/mol. The Kier molecular flexibility index (Phi) is 8.32. The van der Waals surface area contributed by atoms with E-state index in [1.165, 1.54) is 18.9 Å². The van der Waals surface area contributed by atoms with Crippen LogP contribution in [0.25, 0.3) is 10.9 Å². The molecule has 1 heterocycles. The molecule has 0 saturated heterocycles. The number of thioether (sulfide) groups is 1. The number of carbonyl (C=O) groups is 2. The fourth-order valence-corrected chi connectivity index (χ4v) is 3.56. The summed E-state index contributed by atoms with van der Waals surface area (Å²) >= 11 is 7.23. The molecule has 2 aromatic rings. The highest BCUT2D eigenvalue weighted by atomic mass is 35.5. The third-order valence-electron chi connectivity index (χ3n) is 3.87. The minimum Gasteiger partial charge on any atom is -0.469 e. The van der Waals surface area contributed by atoms with Crippen LogP contribution in [0, 0.1) is 5.92 Å². The summed E-state index contributed by atoms with van der Waals surface area (Å²) in [5.74, 6) is -0.122. The van der Waals surface area contributed by atoms with E-state index in [4.69, 9.17) is 11.6 Å². The lowest BCUT2D eigenvalue weighted by molar-refractivity contribution is -0.140. The maximum absolute atomic E-state index is 12.9.